The molecule has 0 aliphatic carbocycles. The Morgan fingerprint density at radius 3 is 2.76 bits per heavy atom. The molecule has 0 bridgehead atoms. The molecule has 5 nitrogen and oxygen atoms in total. The van der Waals surface area contributed by atoms with E-state index in [1.54, 1.807) is 10.4 Å². The largest absolute Gasteiger partial charge is 0.466 e. The molecule has 1 atom stereocenters. The lowest BCUT2D eigenvalue weighted by Crippen LogP contribution is -2.41. The first-order valence-corrected chi connectivity index (χ1v) is 8.17. The molecule has 2 rings (SSSR count). The number of amides is 1. The molecule has 0 aromatic carbocycles. The van der Waals surface area contributed by atoms with E-state index in [4.69, 9.17) is 4.74 Å². The minimum atomic E-state index is -0.579. The van der Waals surface area contributed by atoms with Crippen LogP contribution in [0.15, 0.2) is 5.51 Å². The van der Waals surface area contributed by atoms with Crippen molar-refractivity contribution in [1.29, 1.82) is 0 Å². The van der Waals surface area contributed by atoms with Gasteiger partial charge in [-0.3, -0.25) is 9.59 Å². The van der Waals surface area contributed by atoms with E-state index in [2.05, 4.69) is 4.98 Å². The molecule has 116 valence electrons. The maximum Gasteiger partial charge on any atom is 0.314 e. The van der Waals surface area contributed by atoms with Crippen molar-refractivity contribution in [3.05, 3.63) is 16.1 Å². The Bertz CT molecular complexity index is 541. The molecule has 0 radical (unpaired) electrons. The van der Waals surface area contributed by atoms with Crippen LogP contribution in [-0.4, -0.2) is 41.5 Å². The standard InChI is InChI=1S/C15H22N2O3S/c1-5-20-14(19)15(10(2)3)6-7-17(8-15)13(18)12-11(4)16-9-21-12/h9-10H,5-8H2,1-4H3/t15-/m0/s1. The lowest BCUT2D eigenvalue weighted by Gasteiger charge is -2.30. The van der Waals surface area contributed by atoms with Gasteiger partial charge in [0.1, 0.15) is 4.88 Å². The Morgan fingerprint density at radius 1 is 1.52 bits per heavy atom. The zero-order valence-corrected chi connectivity index (χ0v) is 13.8. The molecule has 0 unspecified atom stereocenters. The lowest BCUT2D eigenvalue weighted by atomic mass is 9.76. The van der Waals surface area contributed by atoms with Crippen LogP contribution in [0.1, 0.15) is 42.6 Å². The van der Waals surface area contributed by atoms with Crippen molar-refractivity contribution < 1.29 is 14.3 Å². The van der Waals surface area contributed by atoms with Gasteiger partial charge in [0.2, 0.25) is 0 Å². The molecule has 0 saturated carbocycles. The maximum atomic E-state index is 12.6. The number of ether oxygens (including phenoxy) is 1. The summed E-state index contributed by atoms with van der Waals surface area (Å²) in [5, 5.41) is 0. The smallest absolute Gasteiger partial charge is 0.314 e. The van der Waals surface area contributed by atoms with E-state index in [-0.39, 0.29) is 17.8 Å². The van der Waals surface area contributed by atoms with Gasteiger partial charge in [0.15, 0.2) is 0 Å². The molecule has 0 N–H and O–H groups in total. The van der Waals surface area contributed by atoms with Gasteiger partial charge in [-0.25, -0.2) is 4.98 Å². The Balaban J connectivity index is 2.19. The highest BCUT2D eigenvalue weighted by Crippen LogP contribution is 2.40. The van der Waals surface area contributed by atoms with Crippen molar-refractivity contribution in [2.45, 2.75) is 34.1 Å². The number of nitrogens with zero attached hydrogens (tertiary/aromatic N) is 2. The average Bonchev–Trinajstić information content (AvgIpc) is 3.05. The summed E-state index contributed by atoms with van der Waals surface area (Å²) >= 11 is 1.35. The lowest BCUT2D eigenvalue weighted by molar-refractivity contribution is -0.157. The summed E-state index contributed by atoms with van der Waals surface area (Å²) in [6.45, 7) is 9.07. The number of hydrogen-bond acceptors (Lipinski definition) is 5. The van der Waals surface area contributed by atoms with Gasteiger partial charge in [0, 0.05) is 13.1 Å². The van der Waals surface area contributed by atoms with Gasteiger partial charge in [-0.05, 0) is 26.2 Å². The number of carbonyl (C=O) groups is 2. The average molecular weight is 310 g/mol. The molecule has 6 heteroatoms. The maximum absolute atomic E-state index is 12.6. The van der Waals surface area contributed by atoms with Crippen LogP contribution in [0.2, 0.25) is 0 Å². The van der Waals surface area contributed by atoms with E-state index in [9.17, 15) is 9.59 Å². The third-order valence-electron chi connectivity index (χ3n) is 4.31. The molecule has 1 aliphatic rings. The summed E-state index contributed by atoms with van der Waals surface area (Å²) in [6.07, 6.45) is 0.660. The van der Waals surface area contributed by atoms with Crippen LogP contribution in [0.5, 0.6) is 0 Å². The number of hydrogen-bond donors (Lipinski definition) is 0. The zero-order chi connectivity index (χ0) is 15.6. The van der Waals surface area contributed by atoms with Crippen molar-refractivity contribution in [2.75, 3.05) is 19.7 Å². The van der Waals surface area contributed by atoms with E-state index in [1.807, 2.05) is 27.7 Å². The Morgan fingerprint density at radius 2 is 2.24 bits per heavy atom. The second kappa shape index (κ2) is 6.13. The molecule has 21 heavy (non-hydrogen) atoms. The number of aryl methyl sites for hydroxylation is 1. The minimum absolute atomic E-state index is 0.0261. The highest BCUT2D eigenvalue weighted by Gasteiger charge is 2.49. The van der Waals surface area contributed by atoms with Gasteiger partial charge >= 0.3 is 5.97 Å². The van der Waals surface area contributed by atoms with Crippen molar-refractivity contribution in [3.63, 3.8) is 0 Å². The monoisotopic (exact) mass is 310 g/mol. The second-order valence-corrected chi connectivity index (χ2v) is 6.63. The number of aromatic nitrogens is 1. The number of likely N-dealkylation sites (tertiary alicyclic amines) is 1. The van der Waals surface area contributed by atoms with E-state index in [1.165, 1.54) is 11.3 Å². The van der Waals surface area contributed by atoms with Gasteiger partial charge in [-0.2, -0.15) is 0 Å². The molecule has 2 heterocycles. The third-order valence-corrected chi connectivity index (χ3v) is 5.23. The molecule has 1 aromatic heterocycles. The van der Waals surface area contributed by atoms with Gasteiger partial charge in [0.05, 0.1) is 23.2 Å². The van der Waals surface area contributed by atoms with Crippen LogP contribution in [0.4, 0.5) is 0 Å². The molecular formula is C15H22N2O3S. The summed E-state index contributed by atoms with van der Waals surface area (Å²) in [6, 6.07) is 0. The minimum Gasteiger partial charge on any atom is -0.466 e. The van der Waals surface area contributed by atoms with Crippen molar-refractivity contribution in [2.24, 2.45) is 11.3 Å². The quantitative estimate of drug-likeness (QED) is 0.802. The van der Waals surface area contributed by atoms with E-state index in [0.29, 0.717) is 31.0 Å². The normalized spacial score (nSPS) is 21.9. The molecule has 1 aromatic rings. The molecule has 1 amide bonds. The van der Waals surface area contributed by atoms with Gasteiger partial charge in [-0.1, -0.05) is 13.8 Å². The van der Waals surface area contributed by atoms with Crippen molar-refractivity contribution >= 4 is 23.2 Å². The Labute approximate surface area is 129 Å². The summed E-state index contributed by atoms with van der Waals surface area (Å²) in [5.41, 5.74) is 1.85. The van der Waals surface area contributed by atoms with E-state index < -0.39 is 5.41 Å². The van der Waals surface area contributed by atoms with Crippen LogP contribution in [-0.2, 0) is 9.53 Å². The van der Waals surface area contributed by atoms with Crippen LogP contribution < -0.4 is 0 Å². The molecule has 1 fully saturated rings. The van der Waals surface area contributed by atoms with Crippen LogP contribution in [0, 0.1) is 18.3 Å². The fourth-order valence-corrected chi connectivity index (χ4v) is 3.58. The first-order valence-electron chi connectivity index (χ1n) is 7.29. The van der Waals surface area contributed by atoms with Gasteiger partial charge in [0.25, 0.3) is 5.91 Å². The number of thiazole rings is 1. The van der Waals surface area contributed by atoms with Gasteiger partial charge < -0.3 is 9.64 Å². The summed E-state index contributed by atoms with van der Waals surface area (Å²) < 4.78 is 5.25. The summed E-state index contributed by atoms with van der Waals surface area (Å²) in [4.78, 5) is 31.5. The topological polar surface area (TPSA) is 59.5 Å². The van der Waals surface area contributed by atoms with Crippen LogP contribution in [0.25, 0.3) is 0 Å². The number of carbonyl (C=O) groups excluding carboxylic acids is 2. The van der Waals surface area contributed by atoms with Crippen LogP contribution >= 0.6 is 11.3 Å². The van der Waals surface area contributed by atoms with E-state index >= 15 is 0 Å². The third kappa shape index (κ3) is 2.81. The first kappa shape index (κ1) is 15.9. The molecule has 0 spiro atoms. The van der Waals surface area contributed by atoms with Crippen molar-refractivity contribution in [1.82, 2.24) is 9.88 Å². The summed E-state index contributed by atoms with van der Waals surface area (Å²) in [7, 11) is 0. The fraction of sp³-hybridized carbons (Fsp3) is 0.667. The van der Waals surface area contributed by atoms with Gasteiger partial charge in [-0.15, -0.1) is 11.3 Å². The fourth-order valence-electron chi connectivity index (χ4n) is 2.81. The van der Waals surface area contributed by atoms with E-state index in [0.717, 1.165) is 5.69 Å². The highest BCUT2D eigenvalue weighted by atomic mass is 32.1. The zero-order valence-electron chi connectivity index (χ0n) is 13.0. The Kier molecular flexibility index (Phi) is 4.66. The molecule has 1 saturated heterocycles. The molecular weight excluding hydrogens is 288 g/mol. The SMILES string of the molecule is CCOC(=O)[C@@]1(C(C)C)CCN(C(=O)c2scnc2C)C1. The Hall–Kier alpha value is -1.43. The second-order valence-electron chi connectivity index (χ2n) is 5.77. The molecule has 1 aliphatic heterocycles. The van der Waals surface area contributed by atoms with Crippen LogP contribution in [0.3, 0.4) is 0 Å². The van der Waals surface area contributed by atoms with Crippen molar-refractivity contribution in [3.8, 4) is 0 Å². The predicted octanol–water partition coefficient (Wildman–Crippen LogP) is 2.50. The predicted molar refractivity (Wildman–Crippen MR) is 81.3 cm³/mol. The number of esters is 1. The first-order chi connectivity index (χ1) is 9.92. The number of rotatable bonds is 4. The summed E-state index contributed by atoms with van der Waals surface area (Å²) in [5.74, 6) is -0.0740. The highest BCUT2D eigenvalue weighted by molar-refractivity contribution is 7.11.